The van der Waals surface area contributed by atoms with Crippen LogP contribution in [0.2, 0.25) is 0 Å². The number of alkyl halides is 3. The molecule has 1 fully saturated rings. The molecule has 0 aliphatic heterocycles. The summed E-state index contributed by atoms with van der Waals surface area (Å²) in [5, 5.41) is 0.601. The van der Waals surface area contributed by atoms with Gasteiger partial charge in [-0.25, -0.2) is 24.3 Å². The molecule has 0 radical (unpaired) electrons. The third-order valence-corrected chi connectivity index (χ3v) is 6.89. The Bertz CT molecular complexity index is 1820. The molecule has 0 amide bonds. The first-order chi connectivity index (χ1) is 19.1. The first-order valence-corrected chi connectivity index (χ1v) is 12.4. The van der Waals surface area contributed by atoms with Crippen LogP contribution in [0.5, 0.6) is 5.88 Å². The average Bonchev–Trinajstić information content (AvgIpc) is 3.70. The lowest BCUT2D eigenvalue weighted by molar-refractivity contribution is -0.140. The van der Waals surface area contributed by atoms with Crippen LogP contribution in [-0.4, -0.2) is 36.2 Å². The summed E-state index contributed by atoms with van der Waals surface area (Å²) in [6, 6.07) is 8.99. The van der Waals surface area contributed by atoms with Crippen molar-refractivity contribution in [2.45, 2.75) is 31.5 Å². The summed E-state index contributed by atoms with van der Waals surface area (Å²) >= 11 is 0. The predicted octanol–water partition coefficient (Wildman–Crippen LogP) is 5.35. The summed E-state index contributed by atoms with van der Waals surface area (Å²) in [5.74, 6) is 0.173. The SMILES string of the molecule is COc1nccc(C2CC2)c1-c1ncc2ccc(=O)n(Cc3ccc(-c4nc(C(F)(F)F)cn4C)c(F)c3)c2n1. The molecule has 6 rings (SSSR count). The minimum atomic E-state index is -4.65. The molecule has 0 unspecified atom stereocenters. The highest BCUT2D eigenvalue weighted by molar-refractivity contribution is 5.78. The molecule has 40 heavy (non-hydrogen) atoms. The largest absolute Gasteiger partial charge is 0.480 e. The van der Waals surface area contributed by atoms with Crippen molar-refractivity contribution in [3.63, 3.8) is 0 Å². The molecule has 1 saturated carbocycles. The molecule has 204 valence electrons. The van der Waals surface area contributed by atoms with Crippen molar-refractivity contribution in [3.8, 4) is 28.7 Å². The second kappa shape index (κ2) is 9.54. The number of aryl methyl sites for hydroxylation is 1. The van der Waals surface area contributed by atoms with Crippen molar-refractivity contribution in [1.29, 1.82) is 0 Å². The van der Waals surface area contributed by atoms with Crippen LogP contribution in [0.25, 0.3) is 33.8 Å². The standard InChI is InChI=1S/C28H22F4N6O2/c1-37-14-21(28(30,31)32)35-26(37)19-7-3-15(11-20(19)29)13-38-22(39)8-6-17-12-34-24(36-25(17)38)23-18(16-4-5-16)9-10-33-27(23)40-2/h3,6-12,14,16H,4-5,13H2,1-2H3. The number of imidazole rings is 1. The number of hydrogen-bond acceptors (Lipinski definition) is 6. The summed E-state index contributed by atoms with van der Waals surface area (Å²) in [6.07, 6.45) is 1.52. The molecule has 1 aliphatic carbocycles. The van der Waals surface area contributed by atoms with Gasteiger partial charge in [-0.1, -0.05) is 6.07 Å². The molecule has 4 aromatic heterocycles. The normalized spacial score (nSPS) is 13.7. The van der Waals surface area contributed by atoms with Gasteiger partial charge in [0.05, 0.1) is 24.8 Å². The van der Waals surface area contributed by atoms with Crippen LogP contribution in [0, 0.1) is 5.82 Å². The Balaban J connectivity index is 1.40. The number of nitrogens with zero attached hydrogens (tertiary/aromatic N) is 6. The van der Waals surface area contributed by atoms with Crippen molar-refractivity contribution in [3.05, 3.63) is 88.0 Å². The van der Waals surface area contributed by atoms with Gasteiger partial charge in [-0.2, -0.15) is 13.2 Å². The molecule has 8 nitrogen and oxygen atoms in total. The van der Waals surface area contributed by atoms with Gasteiger partial charge in [0.1, 0.15) is 17.3 Å². The molecule has 0 N–H and O–H groups in total. The topological polar surface area (TPSA) is 87.7 Å². The van der Waals surface area contributed by atoms with Gasteiger partial charge < -0.3 is 9.30 Å². The van der Waals surface area contributed by atoms with E-state index in [2.05, 4.69) is 15.0 Å². The van der Waals surface area contributed by atoms with Gasteiger partial charge in [-0.15, -0.1) is 0 Å². The molecule has 4 heterocycles. The Morgan fingerprint density at radius 3 is 2.55 bits per heavy atom. The average molecular weight is 551 g/mol. The van der Waals surface area contributed by atoms with Crippen molar-refractivity contribution < 1.29 is 22.3 Å². The maximum atomic E-state index is 15.2. The fraction of sp³-hybridized carbons (Fsp3) is 0.250. The van der Waals surface area contributed by atoms with Gasteiger partial charge in [-0.05, 0) is 54.2 Å². The molecule has 0 spiro atoms. The molecule has 1 aromatic carbocycles. The summed E-state index contributed by atoms with van der Waals surface area (Å²) in [7, 11) is 2.89. The zero-order valence-corrected chi connectivity index (χ0v) is 21.4. The monoisotopic (exact) mass is 550 g/mol. The maximum absolute atomic E-state index is 15.2. The fourth-order valence-corrected chi connectivity index (χ4v) is 4.79. The minimum absolute atomic E-state index is 0.0299. The van der Waals surface area contributed by atoms with E-state index in [1.165, 1.54) is 36.9 Å². The Morgan fingerprint density at radius 1 is 1.07 bits per heavy atom. The first-order valence-electron chi connectivity index (χ1n) is 12.4. The minimum Gasteiger partial charge on any atom is -0.480 e. The van der Waals surface area contributed by atoms with Crippen LogP contribution in [0.4, 0.5) is 17.6 Å². The lowest BCUT2D eigenvalue weighted by atomic mass is 10.0. The van der Waals surface area contributed by atoms with Gasteiger partial charge in [0.25, 0.3) is 5.56 Å². The number of fused-ring (bicyclic) bond motifs is 1. The van der Waals surface area contributed by atoms with Gasteiger partial charge >= 0.3 is 6.18 Å². The maximum Gasteiger partial charge on any atom is 0.434 e. The Kier molecular flexibility index (Phi) is 6.12. The van der Waals surface area contributed by atoms with E-state index in [0.29, 0.717) is 39.8 Å². The van der Waals surface area contributed by atoms with Crippen LogP contribution in [0.1, 0.15) is 35.6 Å². The van der Waals surface area contributed by atoms with Gasteiger partial charge in [0.15, 0.2) is 11.5 Å². The smallest absolute Gasteiger partial charge is 0.434 e. The zero-order chi connectivity index (χ0) is 28.2. The number of pyridine rings is 2. The number of halogens is 4. The lowest BCUT2D eigenvalue weighted by Gasteiger charge is -2.14. The van der Waals surface area contributed by atoms with Gasteiger partial charge in [0.2, 0.25) is 5.88 Å². The molecule has 0 atom stereocenters. The molecule has 0 bridgehead atoms. The highest BCUT2D eigenvalue weighted by atomic mass is 19.4. The van der Waals surface area contributed by atoms with Gasteiger partial charge in [0, 0.05) is 37.1 Å². The first kappa shape index (κ1) is 25.7. The summed E-state index contributed by atoms with van der Waals surface area (Å²) in [6.45, 7) is -0.0299. The third-order valence-electron chi connectivity index (χ3n) is 6.89. The Hall–Kier alpha value is -4.61. The van der Waals surface area contributed by atoms with Gasteiger partial charge in [-0.3, -0.25) is 9.36 Å². The van der Waals surface area contributed by atoms with Crippen molar-refractivity contribution in [1.82, 2.24) is 29.1 Å². The predicted molar refractivity (Wildman–Crippen MR) is 138 cm³/mol. The van der Waals surface area contributed by atoms with Crippen molar-refractivity contribution in [2.24, 2.45) is 7.05 Å². The molecule has 5 aromatic rings. The summed E-state index contributed by atoms with van der Waals surface area (Å²) in [5.41, 5.74) is 0.889. The molecular formula is C28H22F4N6O2. The Labute approximate surface area is 224 Å². The Morgan fingerprint density at radius 2 is 1.88 bits per heavy atom. The van der Waals surface area contributed by atoms with E-state index in [9.17, 15) is 18.0 Å². The van der Waals surface area contributed by atoms with Crippen LogP contribution in [-0.2, 0) is 19.8 Å². The number of benzene rings is 1. The van der Waals surface area contributed by atoms with E-state index >= 15 is 4.39 Å². The van der Waals surface area contributed by atoms with Crippen LogP contribution >= 0.6 is 0 Å². The molecule has 1 aliphatic rings. The molecular weight excluding hydrogens is 528 g/mol. The summed E-state index contributed by atoms with van der Waals surface area (Å²) < 4.78 is 62.5. The van der Waals surface area contributed by atoms with Crippen LogP contribution < -0.4 is 10.3 Å². The van der Waals surface area contributed by atoms with E-state index in [1.807, 2.05) is 6.07 Å². The second-order valence-corrected chi connectivity index (χ2v) is 9.66. The fourth-order valence-electron chi connectivity index (χ4n) is 4.79. The van der Waals surface area contributed by atoms with Crippen molar-refractivity contribution in [2.75, 3.05) is 7.11 Å². The number of rotatable bonds is 6. The molecule has 12 heteroatoms. The van der Waals surface area contributed by atoms with E-state index in [4.69, 9.17) is 9.72 Å². The van der Waals surface area contributed by atoms with E-state index in [-0.39, 0.29) is 23.5 Å². The lowest BCUT2D eigenvalue weighted by Crippen LogP contribution is -2.21. The number of aromatic nitrogens is 6. The molecule has 0 saturated heterocycles. The van der Waals surface area contributed by atoms with Crippen LogP contribution in [0.3, 0.4) is 0 Å². The zero-order valence-electron chi connectivity index (χ0n) is 21.4. The number of hydrogen-bond donors (Lipinski definition) is 0. The number of methoxy groups -OCH3 is 1. The third kappa shape index (κ3) is 4.59. The van der Waals surface area contributed by atoms with Crippen LogP contribution in [0.15, 0.2) is 59.8 Å². The summed E-state index contributed by atoms with van der Waals surface area (Å²) in [4.78, 5) is 30.1. The quantitative estimate of drug-likeness (QED) is 0.265. The second-order valence-electron chi connectivity index (χ2n) is 9.66. The highest BCUT2D eigenvalue weighted by Gasteiger charge is 2.35. The van der Waals surface area contributed by atoms with E-state index < -0.39 is 17.7 Å². The van der Waals surface area contributed by atoms with Crippen molar-refractivity contribution >= 4 is 11.0 Å². The van der Waals surface area contributed by atoms with E-state index in [1.54, 1.807) is 24.5 Å². The highest BCUT2D eigenvalue weighted by Crippen LogP contribution is 2.46. The van der Waals surface area contributed by atoms with E-state index in [0.717, 1.165) is 29.2 Å². The number of ether oxygens (including phenoxy) is 1.